The van der Waals surface area contributed by atoms with Crippen LogP contribution in [0, 0.1) is 5.92 Å². The topological polar surface area (TPSA) is 56.9 Å². The van der Waals surface area contributed by atoms with Crippen LogP contribution < -0.4 is 10.6 Å². The lowest BCUT2D eigenvalue weighted by Crippen LogP contribution is -2.43. The SMILES string of the molecule is CC(C)C(Nc1ccc(C(F)(F)F)cc1Cl)C(=O)NCCc1c[nH]c2ccccc12. The Kier molecular flexibility index (Phi) is 6.61. The predicted octanol–water partition coefficient (Wildman–Crippen LogP) is 5.64. The average Bonchev–Trinajstić information content (AvgIpc) is 3.09. The molecule has 3 N–H and O–H groups in total. The number of carbonyl (C=O) groups is 1. The fourth-order valence-corrected chi connectivity index (χ4v) is 3.51. The molecule has 8 heteroatoms. The fourth-order valence-electron chi connectivity index (χ4n) is 3.28. The molecule has 1 unspecified atom stereocenters. The van der Waals surface area contributed by atoms with Crippen LogP contribution >= 0.6 is 11.6 Å². The third kappa shape index (κ3) is 5.08. The van der Waals surface area contributed by atoms with Crippen molar-refractivity contribution in [2.45, 2.75) is 32.5 Å². The van der Waals surface area contributed by atoms with E-state index in [2.05, 4.69) is 15.6 Å². The van der Waals surface area contributed by atoms with E-state index < -0.39 is 17.8 Å². The van der Waals surface area contributed by atoms with Crippen molar-refractivity contribution in [2.75, 3.05) is 11.9 Å². The summed E-state index contributed by atoms with van der Waals surface area (Å²) in [4.78, 5) is 15.9. The van der Waals surface area contributed by atoms with Crippen LogP contribution in [0.4, 0.5) is 18.9 Å². The Balaban J connectivity index is 1.64. The van der Waals surface area contributed by atoms with E-state index in [4.69, 9.17) is 11.6 Å². The van der Waals surface area contributed by atoms with E-state index in [-0.39, 0.29) is 22.5 Å². The first kappa shape index (κ1) is 22.0. The van der Waals surface area contributed by atoms with E-state index in [0.717, 1.165) is 28.6 Å². The highest BCUT2D eigenvalue weighted by molar-refractivity contribution is 6.33. The van der Waals surface area contributed by atoms with E-state index >= 15 is 0 Å². The molecule has 1 amide bonds. The van der Waals surface area contributed by atoms with Gasteiger partial charge in [-0.25, -0.2) is 0 Å². The van der Waals surface area contributed by atoms with Crippen LogP contribution in [0.25, 0.3) is 10.9 Å². The Hall–Kier alpha value is -2.67. The van der Waals surface area contributed by atoms with Crippen LogP contribution in [0.15, 0.2) is 48.7 Å². The monoisotopic (exact) mass is 437 g/mol. The number of aromatic nitrogens is 1. The molecule has 0 aliphatic rings. The minimum Gasteiger partial charge on any atom is -0.372 e. The molecule has 0 aliphatic carbocycles. The lowest BCUT2D eigenvalue weighted by atomic mass is 10.0. The summed E-state index contributed by atoms with van der Waals surface area (Å²) in [7, 11) is 0. The highest BCUT2D eigenvalue weighted by atomic mass is 35.5. The number of halogens is 4. The molecule has 0 saturated heterocycles. The summed E-state index contributed by atoms with van der Waals surface area (Å²) >= 11 is 6.02. The van der Waals surface area contributed by atoms with Crippen LogP contribution in [0.5, 0.6) is 0 Å². The summed E-state index contributed by atoms with van der Waals surface area (Å²) in [5.41, 5.74) is 1.60. The molecular formula is C22H23ClF3N3O. The predicted molar refractivity (Wildman–Crippen MR) is 114 cm³/mol. The van der Waals surface area contributed by atoms with Gasteiger partial charge in [-0.05, 0) is 42.2 Å². The molecule has 0 fully saturated rings. The van der Waals surface area contributed by atoms with Crippen molar-refractivity contribution in [3.63, 3.8) is 0 Å². The van der Waals surface area contributed by atoms with Crippen LogP contribution in [-0.2, 0) is 17.4 Å². The van der Waals surface area contributed by atoms with E-state index in [1.54, 1.807) is 0 Å². The quantitative estimate of drug-likeness (QED) is 0.448. The largest absolute Gasteiger partial charge is 0.416 e. The molecule has 1 heterocycles. The van der Waals surface area contributed by atoms with Gasteiger partial charge in [0.05, 0.1) is 16.3 Å². The van der Waals surface area contributed by atoms with Gasteiger partial charge in [-0.1, -0.05) is 43.6 Å². The van der Waals surface area contributed by atoms with Crippen molar-refractivity contribution in [3.05, 3.63) is 64.8 Å². The number of benzene rings is 2. The number of anilines is 1. The number of aromatic amines is 1. The highest BCUT2D eigenvalue weighted by Gasteiger charge is 2.31. The Morgan fingerprint density at radius 3 is 2.57 bits per heavy atom. The molecule has 4 nitrogen and oxygen atoms in total. The van der Waals surface area contributed by atoms with Gasteiger partial charge in [0.15, 0.2) is 0 Å². The minimum absolute atomic E-state index is 0.0814. The normalized spacial score (nSPS) is 12.9. The Bertz CT molecular complexity index is 1030. The smallest absolute Gasteiger partial charge is 0.372 e. The van der Waals surface area contributed by atoms with Gasteiger partial charge in [0.1, 0.15) is 6.04 Å². The fraction of sp³-hybridized carbons (Fsp3) is 0.318. The zero-order chi connectivity index (χ0) is 21.9. The summed E-state index contributed by atoms with van der Waals surface area (Å²) < 4.78 is 38.5. The van der Waals surface area contributed by atoms with E-state index in [0.29, 0.717) is 13.0 Å². The number of para-hydroxylation sites is 1. The third-order valence-corrected chi connectivity index (χ3v) is 5.24. The maximum Gasteiger partial charge on any atom is 0.416 e. The molecular weight excluding hydrogens is 415 g/mol. The van der Waals surface area contributed by atoms with Crippen molar-refractivity contribution in [2.24, 2.45) is 5.92 Å². The van der Waals surface area contributed by atoms with Crippen molar-refractivity contribution < 1.29 is 18.0 Å². The van der Waals surface area contributed by atoms with E-state index in [1.165, 1.54) is 6.07 Å². The summed E-state index contributed by atoms with van der Waals surface area (Å²) in [6.07, 6.45) is -1.89. The van der Waals surface area contributed by atoms with Gasteiger partial charge in [0.2, 0.25) is 5.91 Å². The van der Waals surface area contributed by atoms with Gasteiger partial charge in [0.25, 0.3) is 0 Å². The molecule has 0 spiro atoms. The van der Waals surface area contributed by atoms with Gasteiger partial charge < -0.3 is 15.6 Å². The number of H-pyrrole nitrogens is 1. The number of hydrogen-bond acceptors (Lipinski definition) is 2. The number of rotatable bonds is 7. The van der Waals surface area contributed by atoms with Crippen LogP contribution in [0.3, 0.4) is 0 Å². The molecule has 160 valence electrons. The first-order valence-corrected chi connectivity index (χ1v) is 10.0. The van der Waals surface area contributed by atoms with Gasteiger partial charge >= 0.3 is 6.18 Å². The minimum atomic E-state index is -4.47. The second-order valence-corrected chi connectivity index (χ2v) is 7.87. The number of fused-ring (bicyclic) bond motifs is 1. The van der Waals surface area contributed by atoms with Crippen LogP contribution in [-0.4, -0.2) is 23.5 Å². The van der Waals surface area contributed by atoms with Gasteiger partial charge in [-0.2, -0.15) is 13.2 Å². The number of hydrogen-bond donors (Lipinski definition) is 3. The Labute approximate surface area is 177 Å². The molecule has 1 aromatic heterocycles. The maximum absolute atomic E-state index is 12.8. The number of carbonyl (C=O) groups excluding carboxylic acids is 1. The Morgan fingerprint density at radius 2 is 1.90 bits per heavy atom. The number of nitrogens with one attached hydrogen (secondary N) is 3. The zero-order valence-corrected chi connectivity index (χ0v) is 17.4. The van der Waals surface area contributed by atoms with Crippen LogP contribution in [0.2, 0.25) is 5.02 Å². The summed E-state index contributed by atoms with van der Waals surface area (Å²) in [6.45, 7) is 4.15. The van der Waals surface area contributed by atoms with Crippen LogP contribution in [0.1, 0.15) is 25.0 Å². The number of amides is 1. The molecule has 30 heavy (non-hydrogen) atoms. The maximum atomic E-state index is 12.8. The molecule has 0 radical (unpaired) electrons. The standard InChI is InChI=1S/C22H23ClF3N3O/c1-13(2)20(29-19-8-7-15(11-17(19)23)22(24,25)26)21(30)27-10-9-14-12-28-18-6-4-3-5-16(14)18/h3-8,11-13,20,28-29H,9-10H2,1-2H3,(H,27,30). The molecule has 0 bridgehead atoms. The lowest BCUT2D eigenvalue weighted by molar-refractivity contribution is -0.137. The van der Waals surface area contributed by atoms with Crippen molar-refractivity contribution in [1.29, 1.82) is 0 Å². The highest BCUT2D eigenvalue weighted by Crippen LogP contribution is 2.34. The lowest BCUT2D eigenvalue weighted by Gasteiger charge is -2.23. The van der Waals surface area contributed by atoms with Gasteiger partial charge in [-0.15, -0.1) is 0 Å². The van der Waals surface area contributed by atoms with Crippen molar-refractivity contribution in [3.8, 4) is 0 Å². The first-order valence-electron chi connectivity index (χ1n) is 9.63. The van der Waals surface area contributed by atoms with Crippen molar-refractivity contribution in [1.82, 2.24) is 10.3 Å². The second-order valence-electron chi connectivity index (χ2n) is 7.46. The molecule has 0 aliphatic heterocycles. The van der Waals surface area contributed by atoms with Gasteiger partial charge in [0, 0.05) is 23.6 Å². The zero-order valence-electron chi connectivity index (χ0n) is 16.6. The molecule has 0 saturated carbocycles. The molecule has 1 atom stereocenters. The third-order valence-electron chi connectivity index (χ3n) is 4.93. The van der Waals surface area contributed by atoms with Crippen molar-refractivity contribution >= 4 is 34.1 Å². The second kappa shape index (κ2) is 9.00. The molecule has 3 aromatic rings. The number of alkyl halides is 3. The summed E-state index contributed by atoms with van der Waals surface area (Å²) in [6, 6.07) is 10.3. The van der Waals surface area contributed by atoms with E-state index in [9.17, 15) is 18.0 Å². The summed E-state index contributed by atoms with van der Waals surface area (Å²) in [5.74, 6) is -0.336. The average molecular weight is 438 g/mol. The molecule has 3 rings (SSSR count). The van der Waals surface area contributed by atoms with E-state index in [1.807, 2.05) is 44.3 Å². The summed E-state index contributed by atoms with van der Waals surface area (Å²) in [5, 5.41) is 6.92. The Morgan fingerprint density at radius 1 is 1.17 bits per heavy atom. The molecule has 2 aromatic carbocycles. The first-order chi connectivity index (χ1) is 14.2. The van der Waals surface area contributed by atoms with Gasteiger partial charge in [-0.3, -0.25) is 4.79 Å².